The predicted molar refractivity (Wildman–Crippen MR) is 140 cm³/mol. The number of methoxy groups -OCH3 is 1. The van der Waals surface area contributed by atoms with Gasteiger partial charge in [-0.1, -0.05) is 35.9 Å². The largest absolute Gasteiger partial charge is 0.497 e. The summed E-state index contributed by atoms with van der Waals surface area (Å²) in [7, 11) is 1.56. The number of benzene rings is 1. The van der Waals surface area contributed by atoms with Crippen LogP contribution in [0.3, 0.4) is 0 Å². The monoisotopic (exact) mass is 578 g/mol. The van der Waals surface area contributed by atoms with E-state index in [1.807, 2.05) is 13.8 Å². The summed E-state index contributed by atoms with van der Waals surface area (Å²) in [6, 6.07) is 5.36. The average molecular weight is 579 g/mol. The Labute approximate surface area is 225 Å². The highest BCUT2D eigenvalue weighted by atomic mass is 79.9. The molecule has 7 atom stereocenters. The summed E-state index contributed by atoms with van der Waals surface area (Å²) in [5.74, 6) is -2.45. The molecule has 2 amide bonds. The fraction of sp³-hybridized carbons (Fsp3) is 0.593. The van der Waals surface area contributed by atoms with E-state index in [-0.39, 0.29) is 42.3 Å². The van der Waals surface area contributed by atoms with Crippen molar-refractivity contribution in [1.82, 2.24) is 4.90 Å². The SMILES string of the molecule is C=CCN(C(=O)C1N([C@@H](CO)C(C)C)C(=O)[C@@H]2[C@@H](C(=O)OCC)[C@@H]3OC12CC3Br)c1ccc(OC)cc1. The van der Waals surface area contributed by atoms with Crippen LogP contribution in [0.1, 0.15) is 27.2 Å². The van der Waals surface area contributed by atoms with E-state index < -0.39 is 41.6 Å². The number of likely N-dealkylation sites (tertiary alicyclic amines) is 1. The third-order valence-electron chi connectivity index (χ3n) is 7.80. The minimum absolute atomic E-state index is 0.147. The van der Waals surface area contributed by atoms with Crippen LogP contribution >= 0.6 is 15.9 Å². The Morgan fingerprint density at radius 1 is 1.35 bits per heavy atom. The molecule has 3 saturated heterocycles. The van der Waals surface area contributed by atoms with Crippen molar-refractivity contribution < 1.29 is 33.7 Å². The van der Waals surface area contributed by atoms with E-state index in [9.17, 15) is 19.5 Å². The molecule has 1 N–H and O–H groups in total. The molecule has 3 aliphatic heterocycles. The minimum Gasteiger partial charge on any atom is -0.497 e. The smallest absolute Gasteiger partial charge is 0.312 e. The third kappa shape index (κ3) is 4.36. The summed E-state index contributed by atoms with van der Waals surface area (Å²) >= 11 is 3.65. The van der Waals surface area contributed by atoms with Crippen LogP contribution in [0.5, 0.6) is 5.75 Å². The number of amides is 2. The number of hydrogen-bond acceptors (Lipinski definition) is 7. The molecular weight excluding hydrogens is 544 g/mol. The number of halogens is 1. The second-order valence-electron chi connectivity index (χ2n) is 10.1. The Kier molecular flexibility index (Phi) is 8.02. The summed E-state index contributed by atoms with van der Waals surface area (Å²) < 4.78 is 17.1. The number of carbonyl (C=O) groups excluding carboxylic acids is 3. The van der Waals surface area contributed by atoms with Crippen molar-refractivity contribution in [3.8, 4) is 5.75 Å². The van der Waals surface area contributed by atoms with Crippen molar-refractivity contribution >= 4 is 39.4 Å². The van der Waals surface area contributed by atoms with Crippen LogP contribution in [0.15, 0.2) is 36.9 Å². The molecule has 1 aromatic rings. The van der Waals surface area contributed by atoms with Crippen molar-refractivity contribution in [2.45, 2.75) is 55.8 Å². The third-order valence-corrected chi connectivity index (χ3v) is 8.64. The van der Waals surface area contributed by atoms with Crippen LogP contribution in [-0.2, 0) is 23.9 Å². The van der Waals surface area contributed by atoms with Gasteiger partial charge in [0.05, 0.1) is 44.3 Å². The fourth-order valence-corrected chi connectivity index (χ4v) is 7.14. The van der Waals surface area contributed by atoms with Crippen molar-refractivity contribution in [3.63, 3.8) is 0 Å². The number of rotatable bonds is 10. The Balaban J connectivity index is 1.84. The van der Waals surface area contributed by atoms with Gasteiger partial charge in [0, 0.05) is 17.1 Å². The molecule has 202 valence electrons. The lowest BCUT2D eigenvalue weighted by Gasteiger charge is -2.40. The van der Waals surface area contributed by atoms with Crippen LogP contribution in [0.2, 0.25) is 0 Å². The molecule has 3 aliphatic rings. The van der Waals surface area contributed by atoms with Crippen LogP contribution in [0, 0.1) is 17.8 Å². The summed E-state index contributed by atoms with van der Waals surface area (Å²) in [5, 5.41) is 10.3. The van der Waals surface area contributed by atoms with E-state index in [1.54, 1.807) is 49.3 Å². The molecule has 1 spiro atoms. The Morgan fingerprint density at radius 2 is 2.03 bits per heavy atom. The molecule has 3 unspecified atom stereocenters. The Morgan fingerprint density at radius 3 is 2.57 bits per heavy atom. The molecule has 9 nitrogen and oxygen atoms in total. The Bertz CT molecular complexity index is 1050. The minimum atomic E-state index is -1.24. The molecule has 0 saturated carbocycles. The van der Waals surface area contributed by atoms with Gasteiger partial charge >= 0.3 is 5.97 Å². The highest BCUT2D eigenvalue weighted by molar-refractivity contribution is 9.09. The molecule has 37 heavy (non-hydrogen) atoms. The molecule has 10 heteroatoms. The quantitative estimate of drug-likeness (QED) is 0.258. The lowest BCUT2D eigenvalue weighted by molar-refractivity contribution is -0.155. The Hall–Kier alpha value is -2.43. The van der Waals surface area contributed by atoms with E-state index >= 15 is 0 Å². The maximum atomic E-state index is 14.5. The van der Waals surface area contributed by atoms with Crippen LogP contribution in [0.4, 0.5) is 5.69 Å². The van der Waals surface area contributed by atoms with Crippen molar-refractivity contribution in [2.75, 3.05) is 31.8 Å². The zero-order valence-electron chi connectivity index (χ0n) is 21.6. The van der Waals surface area contributed by atoms with E-state index in [0.29, 0.717) is 17.9 Å². The first kappa shape index (κ1) is 27.6. The van der Waals surface area contributed by atoms with E-state index in [1.165, 1.54) is 4.90 Å². The summed E-state index contributed by atoms with van der Waals surface area (Å²) in [5.41, 5.74) is -0.633. The number of ether oxygens (including phenoxy) is 3. The number of hydrogen-bond donors (Lipinski definition) is 1. The summed E-state index contributed by atoms with van der Waals surface area (Å²) in [6.45, 7) is 9.35. The van der Waals surface area contributed by atoms with E-state index in [2.05, 4.69) is 22.5 Å². The van der Waals surface area contributed by atoms with Gasteiger partial charge in [0.15, 0.2) is 0 Å². The first-order valence-electron chi connectivity index (χ1n) is 12.6. The molecule has 2 bridgehead atoms. The first-order valence-corrected chi connectivity index (χ1v) is 13.6. The molecule has 0 aromatic heterocycles. The number of aliphatic hydroxyl groups excluding tert-OH is 1. The number of esters is 1. The highest BCUT2D eigenvalue weighted by Gasteiger charge is 2.77. The summed E-state index contributed by atoms with van der Waals surface area (Å²) in [6.07, 6.45) is 1.40. The van der Waals surface area contributed by atoms with Gasteiger partial charge in [-0.05, 0) is 43.5 Å². The molecule has 1 aromatic carbocycles. The van der Waals surface area contributed by atoms with Crippen molar-refractivity contribution in [3.05, 3.63) is 36.9 Å². The lowest BCUT2D eigenvalue weighted by Crippen LogP contribution is -2.60. The van der Waals surface area contributed by atoms with Crippen molar-refractivity contribution in [2.24, 2.45) is 17.8 Å². The lowest BCUT2D eigenvalue weighted by atomic mass is 9.70. The average Bonchev–Trinajstić information content (AvgIpc) is 3.46. The zero-order valence-corrected chi connectivity index (χ0v) is 23.2. The van der Waals surface area contributed by atoms with Gasteiger partial charge in [-0.15, -0.1) is 6.58 Å². The van der Waals surface area contributed by atoms with Crippen molar-refractivity contribution in [1.29, 1.82) is 0 Å². The molecule has 0 aliphatic carbocycles. The van der Waals surface area contributed by atoms with Gasteiger partial charge in [0.25, 0.3) is 5.91 Å². The van der Waals surface area contributed by atoms with Gasteiger partial charge in [0.2, 0.25) is 5.91 Å². The van der Waals surface area contributed by atoms with E-state index in [0.717, 1.165) is 0 Å². The normalized spacial score (nSPS) is 30.8. The molecule has 3 heterocycles. The van der Waals surface area contributed by atoms with Crippen LogP contribution in [0.25, 0.3) is 0 Å². The maximum Gasteiger partial charge on any atom is 0.312 e. The van der Waals surface area contributed by atoms with E-state index in [4.69, 9.17) is 14.2 Å². The number of nitrogens with zero attached hydrogens (tertiary/aromatic N) is 2. The fourth-order valence-electron chi connectivity index (χ4n) is 6.19. The number of carbonyl (C=O) groups is 3. The van der Waals surface area contributed by atoms with Gasteiger partial charge in [-0.2, -0.15) is 0 Å². The molecule has 3 fully saturated rings. The van der Waals surface area contributed by atoms with Crippen LogP contribution in [-0.4, -0.2) is 83.3 Å². The van der Waals surface area contributed by atoms with Crippen LogP contribution < -0.4 is 9.64 Å². The number of aliphatic hydroxyl groups is 1. The van der Waals surface area contributed by atoms with Gasteiger partial charge < -0.3 is 29.1 Å². The van der Waals surface area contributed by atoms with Gasteiger partial charge in [-0.25, -0.2) is 0 Å². The standard InChI is InChI=1S/C27H35BrN2O7/c1-6-12-29(16-8-10-17(35-5)11-9-16)25(33)23-27-13-18(28)22(37-27)20(26(34)36-7-2)21(27)24(32)30(23)19(14-31)15(3)4/h6,8-11,15,18-23,31H,1,7,12-14H2,2-5H3/t18?,19-,20+,21-,22+,23?,27?/m0/s1. The summed E-state index contributed by atoms with van der Waals surface area (Å²) in [4.78, 5) is 44.5. The second kappa shape index (κ2) is 10.7. The zero-order chi connectivity index (χ0) is 27.1. The van der Waals surface area contributed by atoms with Gasteiger partial charge in [0.1, 0.15) is 17.4 Å². The topological polar surface area (TPSA) is 106 Å². The molecular formula is C27H35BrN2O7. The first-order chi connectivity index (χ1) is 17.7. The number of alkyl halides is 1. The molecule has 4 rings (SSSR count). The number of anilines is 1. The molecule has 0 radical (unpaired) electrons. The highest BCUT2D eigenvalue weighted by Crippen LogP contribution is 2.61. The predicted octanol–water partition coefficient (Wildman–Crippen LogP) is 2.54. The second-order valence-corrected chi connectivity index (χ2v) is 11.3. The maximum absolute atomic E-state index is 14.5. The van der Waals surface area contributed by atoms with Gasteiger partial charge in [-0.3, -0.25) is 14.4 Å². The number of fused-ring (bicyclic) bond motifs is 1.